The van der Waals surface area contributed by atoms with Gasteiger partial charge >= 0.3 is 0 Å². The molecule has 0 spiro atoms. The minimum atomic E-state index is -0.0849. The Morgan fingerprint density at radius 2 is 2.37 bits per heavy atom. The summed E-state index contributed by atoms with van der Waals surface area (Å²) < 4.78 is 1.92. The van der Waals surface area contributed by atoms with E-state index in [1.807, 2.05) is 36.0 Å². The minimum absolute atomic E-state index is 0.0849. The zero-order valence-corrected chi connectivity index (χ0v) is 11.4. The third-order valence-corrected chi connectivity index (χ3v) is 3.65. The van der Waals surface area contributed by atoms with Crippen LogP contribution in [0.4, 0.5) is 5.69 Å². The number of hydrogen-bond donors (Lipinski definition) is 2. The van der Waals surface area contributed by atoms with Gasteiger partial charge in [0.25, 0.3) is 0 Å². The first-order valence-corrected chi connectivity index (χ1v) is 6.74. The van der Waals surface area contributed by atoms with Crippen LogP contribution in [-0.4, -0.2) is 25.5 Å². The number of amides is 1. The smallest absolute Gasteiger partial charge is 0.230 e. The van der Waals surface area contributed by atoms with Crippen LogP contribution in [0.2, 0.25) is 0 Å². The molecule has 3 aromatic rings. The van der Waals surface area contributed by atoms with Crippen LogP contribution < -0.4 is 5.32 Å². The van der Waals surface area contributed by atoms with Crippen LogP contribution in [0.1, 0.15) is 17.1 Å². The lowest BCUT2D eigenvalue weighted by molar-refractivity contribution is -0.115. The number of aromatic amines is 1. The van der Waals surface area contributed by atoms with E-state index in [2.05, 4.69) is 20.5 Å². The molecule has 0 saturated carbocycles. The quantitative estimate of drug-likeness (QED) is 0.766. The largest absolute Gasteiger partial charge is 0.323 e. The molecule has 0 bridgehead atoms. The Balaban J connectivity index is 1.73. The maximum atomic E-state index is 12.0. The van der Waals surface area contributed by atoms with Crippen molar-refractivity contribution in [3.63, 3.8) is 0 Å². The lowest BCUT2D eigenvalue weighted by Gasteiger charge is -2.03. The van der Waals surface area contributed by atoms with Crippen LogP contribution in [-0.2, 0) is 11.2 Å². The van der Waals surface area contributed by atoms with Crippen molar-refractivity contribution < 1.29 is 4.79 Å². The standard InChI is InChI=1S/C12H13N5OS/c1-7-11(8(2)16-15-7)14-10(18)5-9-6-17-3-4-19-12(17)13-9/h3-4,6H,5H2,1-2H3,(H,14,18)(H,15,16). The van der Waals surface area contributed by atoms with E-state index in [4.69, 9.17) is 0 Å². The lowest BCUT2D eigenvalue weighted by Crippen LogP contribution is -2.15. The second-order valence-corrected chi connectivity index (χ2v) is 5.23. The summed E-state index contributed by atoms with van der Waals surface area (Å²) in [4.78, 5) is 17.3. The zero-order chi connectivity index (χ0) is 13.4. The van der Waals surface area contributed by atoms with Crippen molar-refractivity contribution >= 4 is 27.9 Å². The number of fused-ring (bicyclic) bond motifs is 1. The number of rotatable bonds is 3. The minimum Gasteiger partial charge on any atom is -0.323 e. The Morgan fingerprint density at radius 3 is 3.05 bits per heavy atom. The van der Waals surface area contributed by atoms with Crippen LogP contribution in [0.15, 0.2) is 17.8 Å². The molecule has 6 nitrogen and oxygen atoms in total. The van der Waals surface area contributed by atoms with Gasteiger partial charge in [0.05, 0.1) is 29.2 Å². The maximum absolute atomic E-state index is 12.0. The predicted octanol–water partition coefficient (Wildman–Crippen LogP) is 1.92. The predicted molar refractivity (Wildman–Crippen MR) is 73.5 cm³/mol. The molecule has 1 amide bonds. The third-order valence-electron chi connectivity index (χ3n) is 2.88. The monoisotopic (exact) mass is 275 g/mol. The first-order chi connectivity index (χ1) is 9.13. The van der Waals surface area contributed by atoms with E-state index in [0.29, 0.717) is 0 Å². The number of hydrogen-bond acceptors (Lipinski definition) is 4. The molecule has 0 radical (unpaired) electrons. The van der Waals surface area contributed by atoms with E-state index in [1.165, 1.54) is 0 Å². The van der Waals surface area contributed by atoms with Gasteiger partial charge in [0.15, 0.2) is 4.96 Å². The summed E-state index contributed by atoms with van der Waals surface area (Å²) in [5.74, 6) is -0.0849. The molecule has 3 heterocycles. The molecule has 3 rings (SSSR count). The molecule has 0 aliphatic carbocycles. The summed E-state index contributed by atoms with van der Waals surface area (Å²) in [5, 5.41) is 11.7. The summed E-state index contributed by atoms with van der Waals surface area (Å²) in [7, 11) is 0. The first-order valence-electron chi connectivity index (χ1n) is 5.86. The fourth-order valence-electron chi connectivity index (χ4n) is 1.94. The third kappa shape index (κ3) is 2.24. The Hall–Kier alpha value is -2.15. The average molecular weight is 275 g/mol. The number of imidazole rings is 1. The van der Waals surface area contributed by atoms with Crippen LogP contribution in [0.3, 0.4) is 0 Å². The van der Waals surface area contributed by atoms with Gasteiger partial charge < -0.3 is 5.32 Å². The van der Waals surface area contributed by atoms with E-state index in [9.17, 15) is 4.79 Å². The van der Waals surface area contributed by atoms with Gasteiger partial charge in [0, 0.05) is 17.8 Å². The molecule has 3 aromatic heterocycles. The zero-order valence-electron chi connectivity index (χ0n) is 10.6. The van der Waals surface area contributed by atoms with Crippen LogP contribution in [0.25, 0.3) is 4.96 Å². The normalized spacial score (nSPS) is 11.1. The molecule has 0 atom stereocenters. The second-order valence-electron chi connectivity index (χ2n) is 4.36. The summed E-state index contributed by atoms with van der Waals surface area (Å²) in [6.45, 7) is 3.73. The van der Waals surface area contributed by atoms with Crippen molar-refractivity contribution in [3.05, 3.63) is 34.9 Å². The van der Waals surface area contributed by atoms with Gasteiger partial charge in [-0.1, -0.05) is 0 Å². The highest BCUT2D eigenvalue weighted by atomic mass is 32.1. The first kappa shape index (κ1) is 11.9. The van der Waals surface area contributed by atoms with E-state index in [-0.39, 0.29) is 12.3 Å². The van der Waals surface area contributed by atoms with Gasteiger partial charge in [-0.05, 0) is 13.8 Å². The summed E-state index contributed by atoms with van der Waals surface area (Å²) in [5.41, 5.74) is 3.17. The lowest BCUT2D eigenvalue weighted by atomic mass is 10.2. The number of nitrogens with zero attached hydrogens (tertiary/aromatic N) is 3. The SMILES string of the molecule is Cc1n[nH]c(C)c1NC(=O)Cc1cn2ccsc2n1. The van der Waals surface area contributed by atoms with Gasteiger partial charge in [-0.3, -0.25) is 14.3 Å². The highest BCUT2D eigenvalue weighted by Gasteiger charge is 2.12. The molecule has 0 unspecified atom stereocenters. The summed E-state index contributed by atoms with van der Waals surface area (Å²) >= 11 is 1.55. The molecule has 7 heteroatoms. The molecular formula is C12H13N5OS. The second kappa shape index (κ2) is 4.51. The van der Waals surface area contributed by atoms with Gasteiger partial charge in [0.2, 0.25) is 5.91 Å². The number of nitrogens with one attached hydrogen (secondary N) is 2. The fraction of sp³-hybridized carbons (Fsp3) is 0.250. The van der Waals surface area contributed by atoms with Gasteiger partial charge in [0.1, 0.15) is 0 Å². The van der Waals surface area contributed by atoms with Gasteiger partial charge in [-0.15, -0.1) is 11.3 Å². The van der Waals surface area contributed by atoms with Crippen LogP contribution >= 0.6 is 11.3 Å². The molecule has 0 fully saturated rings. The molecule has 98 valence electrons. The molecule has 0 aliphatic heterocycles. The van der Waals surface area contributed by atoms with E-state index < -0.39 is 0 Å². The number of aryl methyl sites for hydroxylation is 2. The number of thiazole rings is 1. The molecular weight excluding hydrogens is 262 g/mol. The van der Waals surface area contributed by atoms with E-state index in [0.717, 1.165) is 27.7 Å². The maximum Gasteiger partial charge on any atom is 0.230 e. The Kier molecular flexibility index (Phi) is 2.83. The molecule has 0 saturated heterocycles. The number of carbonyl (C=O) groups is 1. The molecule has 0 aliphatic rings. The topological polar surface area (TPSA) is 75.1 Å². The Labute approximate surface area is 113 Å². The van der Waals surface area contributed by atoms with E-state index in [1.54, 1.807) is 11.3 Å². The molecule has 19 heavy (non-hydrogen) atoms. The average Bonchev–Trinajstić information content (AvgIpc) is 2.99. The van der Waals surface area contributed by atoms with Crippen molar-refractivity contribution in [2.45, 2.75) is 20.3 Å². The van der Waals surface area contributed by atoms with Crippen molar-refractivity contribution in [3.8, 4) is 0 Å². The number of anilines is 1. The molecule has 0 aromatic carbocycles. The van der Waals surface area contributed by atoms with Crippen LogP contribution in [0, 0.1) is 13.8 Å². The summed E-state index contributed by atoms with van der Waals surface area (Å²) in [6.07, 6.45) is 4.07. The van der Waals surface area contributed by atoms with Gasteiger partial charge in [-0.2, -0.15) is 5.10 Å². The van der Waals surface area contributed by atoms with E-state index >= 15 is 0 Å². The van der Waals surface area contributed by atoms with Crippen molar-refractivity contribution in [1.29, 1.82) is 0 Å². The van der Waals surface area contributed by atoms with Crippen molar-refractivity contribution in [2.75, 3.05) is 5.32 Å². The Bertz CT molecular complexity index is 690. The fourth-order valence-corrected chi connectivity index (χ4v) is 2.66. The van der Waals surface area contributed by atoms with Crippen molar-refractivity contribution in [1.82, 2.24) is 19.6 Å². The summed E-state index contributed by atoms with van der Waals surface area (Å²) in [6, 6.07) is 0. The number of carbonyl (C=O) groups excluding carboxylic acids is 1. The highest BCUT2D eigenvalue weighted by Crippen LogP contribution is 2.17. The highest BCUT2D eigenvalue weighted by molar-refractivity contribution is 7.15. The van der Waals surface area contributed by atoms with Crippen LogP contribution in [0.5, 0.6) is 0 Å². The molecule has 2 N–H and O–H groups in total. The van der Waals surface area contributed by atoms with Crippen molar-refractivity contribution in [2.24, 2.45) is 0 Å². The number of H-pyrrole nitrogens is 1. The van der Waals surface area contributed by atoms with Gasteiger partial charge in [-0.25, -0.2) is 4.98 Å². The number of aromatic nitrogens is 4. The Morgan fingerprint density at radius 1 is 1.53 bits per heavy atom.